The molecule has 6 heteroatoms. The highest BCUT2D eigenvalue weighted by Crippen LogP contribution is 2.32. The molecule has 0 radical (unpaired) electrons. The van der Waals surface area contributed by atoms with Crippen LogP contribution >= 0.6 is 0 Å². The van der Waals surface area contributed by atoms with E-state index in [1.54, 1.807) is 12.1 Å². The third-order valence-electron chi connectivity index (χ3n) is 3.86. The number of hydrogen-bond acceptors (Lipinski definition) is 4. The highest BCUT2D eigenvalue weighted by molar-refractivity contribution is 7.89. The molecule has 1 fully saturated rings. The molecular weight excluding hydrogens is 276 g/mol. The van der Waals surface area contributed by atoms with Crippen molar-refractivity contribution in [1.82, 2.24) is 9.62 Å². The molecule has 20 heavy (non-hydrogen) atoms. The van der Waals surface area contributed by atoms with Crippen molar-refractivity contribution < 1.29 is 12.8 Å². The molecule has 0 unspecified atom stereocenters. The molecule has 2 heterocycles. The van der Waals surface area contributed by atoms with Crippen LogP contribution in [0.1, 0.15) is 39.4 Å². The fraction of sp³-hybridized carbons (Fsp3) is 0.714. The lowest BCUT2D eigenvalue weighted by molar-refractivity contribution is 0.193. The Labute approximate surface area is 121 Å². The van der Waals surface area contributed by atoms with Crippen LogP contribution in [0, 0.1) is 5.41 Å². The van der Waals surface area contributed by atoms with Crippen molar-refractivity contribution >= 4 is 10.0 Å². The Morgan fingerprint density at radius 2 is 1.95 bits per heavy atom. The molecule has 0 saturated carbocycles. The minimum Gasteiger partial charge on any atom is -0.447 e. The first-order valence-corrected chi connectivity index (χ1v) is 8.59. The monoisotopic (exact) mass is 300 g/mol. The first-order chi connectivity index (χ1) is 9.35. The molecule has 0 aromatic carbocycles. The highest BCUT2D eigenvalue weighted by atomic mass is 32.2. The van der Waals surface area contributed by atoms with Crippen molar-refractivity contribution in [2.45, 2.75) is 45.2 Å². The lowest BCUT2D eigenvalue weighted by Gasteiger charge is -2.35. The molecule has 2 rings (SSSR count). The van der Waals surface area contributed by atoms with Crippen molar-refractivity contribution in [3.8, 4) is 0 Å². The van der Waals surface area contributed by atoms with Gasteiger partial charge >= 0.3 is 0 Å². The standard InChI is InChI=1S/C14H24N2O3S/c1-4-15-11-12-5-6-13(19-12)20(17,18)16-9-7-14(2,3)8-10-16/h5-6,15H,4,7-11H2,1-3H3. The summed E-state index contributed by atoms with van der Waals surface area (Å²) in [6.07, 6.45) is 1.77. The molecule has 0 amide bonds. The van der Waals surface area contributed by atoms with E-state index >= 15 is 0 Å². The van der Waals surface area contributed by atoms with E-state index in [1.807, 2.05) is 6.92 Å². The minimum atomic E-state index is -3.48. The average molecular weight is 300 g/mol. The number of nitrogens with zero attached hydrogens (tertiary/aromatic N) is 1. The van der Waals surface area contributed by atoms with Gasteiger partial charge in [0, 0.05) is 13.1 Å². The van der Waals surface area contributed by atoms with Gasteiger partial charge in [0.1, 0.15) is 5.76 Å². The molecule has 0 atom stereocenters. The Morgan fingerprint density at radius 3 is 2.55 bits per heavy atom. The van der Waals surface area contributed by atoms with E-state index < -0.39 is 10.0 Å². The highest BCUT2D eigenvalue weighted by Gasteiger charge is 2.34. The maximum Gasteiger partial charge on any atom is 0.276 e. The lowest BCUT2D eigenvalue weighted by atomic mass is 9.83. The second kappa shape index (κ2) is 5.87. The van der Waals surface area contributed by atoms with Crippen LogP contribution < -0.4 is 5.32 Å². The normalized spacial score (nSPS) is 20.1. The van der Waals surface area contributed by atoms with E-state index in [1.165, 1.54) is 4.31 Å². The van der Waals surface area contributed by atoms with Gasteiger partial charge in [0.15, 0.2) is 0 Å². The van der Waals surface area contributed by atoms with Gasteiger partial charge in [-0.3, -0.25) is 0 Å². The van der Waals surface area contributed by atoms with Crippen molar-refractivity contribution in [3.63, 3.8) is 0 Å². The lowest BCUT2D eigenvalue weighted by Crippen LogP contribution is -2.40. The minimum absolute atomic E-state index is 0.0603. The molecule has 1 aliphatic heterocycles. The second-order valence-electron chi connectivity index (χ2n) is 6.07. The van der Waals surface area contributed by atoms with Gasteiger partial charge in [-0.05, 0) is 36.9 Å². The zero-order valence-electron chi connectivity index (χ0n) is 12.5. The van der Waals surface area contributed by atoms with E-state index in [0.29, 0.717) is 25.4 Å². The third-order valence-corrected chi connectivity index (χ3v) is 5.63. The largest absolute Gasteiger partial charge is 0.447 e. The van der Waals surface area contributed by atoms with Crippen LogP contribution in [-0.2, 0) is 16.6 Å². The quantitative estimate of drug-likeness (QED) is 0.905. The summed E-state index contributed by atoms with van der Waals surface area (Å²) in [4.78, 5) is 0. The smallest absolute Gasteiger partial charge is 0.276 e. The molecule has 1 aromatic rings. The van der Waals surface area contributed by atoms with Crippen LogP contribution in [0.3, 0.4) is 0 Å². The predicted molar refractivity (Wildman–Crippen MR) is 77.9 cm³/mol. The molecule has 1 aliphatic rings. The number of furan rings is 1. The maximum absolute atomic E-state index is 12.5. The molecule has 0 aliphatic carbocycles. The van der Waals surface area contributed by atoms with E-state index in [-0.39, 0.29) is 10.5 Å². The van der Waals surface area contributed by atoms with Gasteiger partial charge < -0.3 is 9.73 Å². The molecule has 0 spiro atoms. The summed E-state index contributed by atoms with van der Waals surface area (Å²) in [7, 11) is -3.48. The maximum atomic E-state index is 12.5. The van der Waals surface area contributed by atoms with Crippen molar-refractivity contribution in [2.75, 3.05) is 19.6 Å². The Balaban J connectivity index is 2.08. The van der Waals surface area contributed by atoms with Crippen molar-refractivity contribution in [3.05, 3.63) is 17.9 Å². The Hall–Kier alpha value is -0.850. The third kappa shape index (κ3) is 3.42. The molecule has 1 aromatic heterocycles. The SMILES string of the molecule is CCNCc1ccc(S(=O)(=O)N2CCC(C)(C)CC2)o1. The molecule has 5 nitrogen and oxygen atoms in total. The Morgan fingerprint density at radius 1 is 1.30 bits per heavy atom. The molecular formula is C14H24N2O3S. The molecule has 1 N–H and O–H groups in total. The van der Waals surface area contributed by atoms with E-state index in [0.717, 1.165) is 19.4 Å². The fourth-order valence-corrected chi connectivity index (χ4v) is 3.67. The van der Waals surface area contributed by atoms with E-state index in [4.69, 9.17) is 4.42 Å². The second-order valence-corrected chi connectivity index (χ2v) is 7.94. The van der Waals surface area contributed by atoms with Crippen molar-refractivity contribution in [2.24, 2.45) is 5.41 Å². The molecule has 0 bridgehead atoms. The van der Waals surface area contributed by atoms with Gasteiger partial charge in [0.2, 0.25) is 5.09 Å². The summed E-state index contributed by atoms with van der Waals surface area (Å²) >= 11 is 0. The van der Waals surface area contributed by atoms with Crippen LogP contribution in [-0.4, -0.2) is 32.4 Å². The molecule has 1 saturated heterocycles. The zero-order valence-corrected chi connectivity index (χ0v) is 13.3. The topological polar surface area (TPSA) is 62.6 Å². The van der Waals surface area contributed by atoms with Gasteiger partial charge in [-0.2, -0.15) is 4.31 Å². The van der Waals surface area contributed by atoms with Crippen molar-refractivity contribution in [1.29, 1.82) is 0 Å². The summed E-state index contributed by atoms with van der Waals surface area (Å²) in [5.74, 6) is 0.655. The number of sulfonamides is 1. The van der Waals surface area contributed by atoms with Gasteiger partial charge in [-0.1, -0.05) is 20.8 Å². The first-order valence-electron chi connectivity index (χ1n) is 7.15. The predicted octanol–water partition coefficient (Wildman–Crippen LogP) is 2.20. The summed E-state index contributed by atoms with van der Waals surface area (Å²) in [6, 6.07) is 3.28. The van der Waals surface area contributed by atoms with E-state index in [9.17, 15) is 8.42 Å². The number of nitrogens with one attached hydrogen (secondary N) is 1. The Kier molecular flexibility index (Phi) is 4.56. The van der Waals surface area contributed by atoms with Crippen LogP contribution in [0.4, 0.5) is 0 Å². The van der Waals surface area contributed by atoms with E-state index in [2.05, 4.69) is 19.2 Å². The van der Waals surface area contributed by atoms with Gasteiger partial charge in [0.05, 0.1) is 6.54 Å². The summed E-state index contributed by atoms with van der Waals surface area (Å²) in [6.45, 7) is 8.87. The molecule has 114 valence electrons. The van der Waals surface area contributed by atoms with Crippen LogP contribution in [0.5, 0.6) is 0 Å². The summed E-state index contributed by atoms with van der Waals surface area (Å²) in [5, 5.41) is 3.18. The summed E-state index contributed by atoms with van der Waals surface area (Å²) < 4.78 is 32.0. The van der Waals surface area contributed by atoms with Crippen LogP contribution in [0.25, 0.3) is 0 Å². The number of piperidine rings is 1. The average Bonchev–Trinajstić information content (AvgIpc) is 2.85. The van der Waals surface area contributed by atoms with Crippen LogP contribution in [0.15, 0.2) is 21.6 Å². The first kappa shape index (κ1) is 15.5. The fourth-order valence-electron chi connectivity index (χ4n) is 2.30. The summed E-state index contributed by atoms with van der Waals surface area (Å²) in [5.41, 5.74) is 0.228. The number of hydrogen-bond donors (Lipinski definition) is 1. The van der Waals surface area contributed by atoms with Gasteiger partial charge in [-0.25, -0.2) is 8.42 Å². The van der Waals surface area contributed by atoms with Gasteiger partial charge in [0.25, 0.3) is 10.0 Å². The van der Waals surface area contributed by atoms with Gasteiger partial charge in [-0.15, -0.1) is 0 Å². The Bertz CT molecular complexity index is 539. The number of rotatable bonds is 5. The zero-order chi connectivity index (χ0) is 14.8. The van der Waals surface area contributed by atoms with Crippen LogP contribution in [0.2, 0.25) is 0 Å².